The molecule has 7 nitrogen and oxygen atoms in total. The number of carbonyl (C=O) groups is 2. The Bertz CT molecular complexity index is 948. The highest BCUT2D eigenvalue weighted by molar-refractivity contribution is 6.03. The van der Waals surface area contributed by atoms with Crippen LogP contribution in [0.5, 0.6) is 0 Å². The van der Waals surface area contributed by atoms with Crippen LogP contribution in [-0.4, -0.2) is 26.6 Å². The monoisotopic (exact) mass is 363 g/mol. The van der Waals surface area contributed by atoms with E-state index in [1.54, 1.807) is 59.5 Å². The second-order valence-corrected chi connectivity index (χ2v) is 6.25. The van der Waals surface area contributed by atoms with Gasteiger partial charge < -0.3 is 10.6 Å². The number of anilines is 1. The first-order valence-corrected chi connectivity index (χ1v) is 8.57. The summed E-state index contributed by atoms with van der Waals surface area (Å²) in [5.74, 6) is -0.484. The molecule has 0 spiro atoms. The van der Waals surface area contributed by atoms with Crippen LogP contribution >= 0.6 is 0 Å². The van der Waals surface area contributed by atoms with Crippen LogP contribution in [0, 0.1) is 6.92 Å². The third-order valence-corrected chi connectivity index (χ3v) is 4.39. The van der Waals surface area contributed by atoms with Crippen LogP contribution in [0.4, 0.5) is 5.69 Å². The number of hydrogen-bond donors (Lipinski definition) is 2. The van der Waals surface area contributed by atoms with E-state index in [1.165, 1.54) is 0 Å². The number of aryl methyl sites for hydroxylation is 1. The van der Waals surface area contributed by atoms with Crippen molar-refractivity contribution in [3.63, 3.8) is 0 Å². The first kappa shape index (κ1) is 18.3. The van der Waals surface area contributed by atoms with E-state index in [1.807, 2.05) is 20.9 Å². The zero-order chi connectivity index (χ0) is 19.4. The van der Waals surface area contributed by atoms with E-state index in [9.17, 15) is 9.59 Å². The summed E-state index contributed by atoms with van der Waals surface area (Å²) in [5.41, 5.74) is 3.43. The summed E-state index contributed by atoms with van der Waals surface area (Å²) in [7, 11) is 1.87. The van der Waals surface area contributed by atoms with Crippen LogP contribution < -0.4 is 10.6 Å². The lowest BCUT2D eigenvalue weighted by Gasteiger charge is -2.14. The van der Waals surface area contributed by atoms with Gasteiger partial charge in [-0.2, -0.15) is 5.10 Å². The number of nitrogens with one attached hydrogen (secondary N) is 2. The highest BCUT2D eigenvalue weighted by atomic mass is 16.2. The van der Waals surface area contributed by atoms with E-state index < -0.39 is 0 Å². The molecule has 0 bridgehead atoms. The highest BCUT2D eigenvalue weighted by Gasteiger charge is 2.16. The molecule has 3 aromatic rings. The fourth-order valence-electron chi connectivity index (χ4n) is 2.70. The Hall–Kier alpha value is -3.48. The molecule has 7 heteroatoms. The van der Waals surface area contributed by atoms with Gasteiger partial charge in [-0.15, -0.1) is 0 Å². The molecule has 0 aliphatic rings. The first-order chi connectivity index (χ1) is 13.0. The number of rotatable bonds is 5. The summed E-state index contributed by atoms with van der Waals surface area (Å²) >= 11 is 0. The van der Waals surface area contributed by atoms with Crippen molar-refractivity contribution in [1.82, 2.24) is 20.1 Å². The second-order valence-electron chi connectivity index (χ2n) is 6.25. The van der Waals surface area contributed by atoms with Gasteiger partial charge in [0.25, 0.3) is 11.8 Å². The van der Waals surface area contributed by atoms with Crippen molar-refractivity contribution in [3.8, 4) is 0 Å². The van der Waals surface area contributed by atoms with Crippen molar-refractivity contribution in [2.24, 2.45) is 7.05 Å². The van der Waals surface area contributed by atoms with Gasteiger partial charge in [0.05, 0.1) is 12.2 Å². The van der Waals surface area contributed by atoms with Crippen molar-refractivity contribution in [3.05, 3.63) is 77.4 Å². The average Bonchev–Trinajstić information content (AvgIpc) is 3.02. The third-order valence-electron chi connectivity index (χ3n) is 4.39. The molecule has 0 aliphatic carbocycles. The summed E-state index contributed by atoms with van der Waals surface area (Å²) in [6.45, 7) is 3.88. The molecule has 2 heterocycles. The van der Waals surface area contributed by atoms with Crippen molar-refractivity contribution in [2.45, 2.75) is 19.9 Å². The molecule has 0 aliphatic heterocycles. The maximum absolute atomic E-state index is 12.5. The van der Waals surface area contributed by atoms with E-state index in [0.29, 0.717) is 16.9 Å². The number of hydrogen-bond acceptors (Lipinski definition) is 4. The average molecular weight is 363 g/mol. The Labute approximate surface area is 157 Å². The molecule has 138 valence electrons. The van der Waals surface area contributed by atoms with Crippen molar-refractivity contribution in [2.75, 3.05) is 5.32 Å². The summed E-state index contributed by atoms with van der Waals surface area (Å²) in [5, 5.41) is 9.92. The maximum atomic E-state index is 12.5. The molecule has 0 saturated heterocycles. The summed E-state index contributed by atoms with van der Waals surface area (Å²) in [4.78, 5) is 28.6. The first-order valence-electron chi connectivity index (χ1n) is 8.57. The minimum Gasteiger partial charge on any atom is -0.345 e. The Morgan fingerprint density at radius 1 is 1.07 bits per heavy atom. The van der Waals surface area contributed by atoms with E-state index in [0.717, 1.165) is 11.3 Å². The van der Waals surface area contributed by atoms with E-state index in [2.05, 4.69) is 20.7 Å². The number of amides is 2. The fraction of sp³-hybridized carbons (Fsp3) is 0.200. The molecule has 2 aromatic heterocycles. The molecule has 3 rings (SSSR count). The molecule has 1 aromatic carbocycles. The van der Waals surface area contributed by atoms with Crippen LogP contribution in [0.25, 0.3) is 0 Å². The predicted octanol–water partition coefficient (Wildman–Crippen LogP) is 2.87. The molecule has 0 saturated carbocycles. The molecule has 2 N–H and O–H groups in total. The normalized spacial score (nSPS) is 11.7. The lowest BCUT2D eigenvalue weighted by Crippen LogP contribution is -2.27. The zero-order valence-corrected chi connectivity index (χ0v) is 15.4. The maximum Gasteiger partial charge on any atom is 0.274 e. The Morgan fingerprint density at radius 2 is 1.81 bits per heavy atom. The number of nitrogens with zero attached hydrogens (tertiary/aromatic N) is 3. The van der Waals surface area contributed by atoms with Gasteiger partial charge in [0.1, 0.15) is 5.69 Å². The quantitative estimate of drug-likeness (QED) is 0.729. The third kappa shape index (κ3) is 4.20. The van der Waals surface area contributed by atoms with Gasteiger partial charge in [0.15, 0.2) is 0 Å². The molecule has 0 radical (unpaired) electrons. The predicted molar refractivity (Wildman–Crippen MR) is 102 cm³/mol. The smallest absolute Gasteiger partial charge is 0.274 e. The van der Waals surface area contributed by atoms with Gasteiger partial charge in [-0.05, 0) is 50.2 Å². The fourth-order valence-corrected chi connectivity index (χ4v) is 2.70. The van der Waals surface area contributed by atoms with Crippen molar-refractivity contribution < 1.29 is 9.59 Å². The number of pyridine rings is 1. The zero-order valence-electron chi connectivity index (χ0n) is 15.4. The molecule has 0 fully saturated rings. The van der Waals surface area contributed by atoms with Crippen LogP contribution in [0.15, 0.2) is 54.9 Å². The summed E-state index contributed by atoms with van der Waals surface area (Å²) in [6.07, 6.45) is 3.32. The van der Waals surface area contributed by atoms with Gasteiger partial charge in [-0.3, -0.25) is 19.3 Å². The van der Waals surface area contributed by atoms with Crippen LogP contribution in [-0.2, 0) is 7.05 Å². The molecule has 0 unspecified atom stereocenters. The van der Waals surface area contributed by atoms with E-state index in [4.69, 9.17) is 0 Å². The molecule has 27 heavy (non-hydrogen) atoms. The molecule has 1 atom stereocenters. The van der Waals surface area contributed by atoms with Crippen LogP contribution in [0.1, 0.15) is 45.1 Å². The van der Waals surface area contributed by atoms with Gasteiger partial charge in [-0.25, -0.2) is 0 Å². The van der Waals surface area contributed by atoms with Crippen molar-refractivity contribution >= 4 is 17.5 Å². The second kappa shape index (κ2) is 7.82. The largest absolute Gasteiger partial charge is 0.345 e. The Kier molecular flexibility index (Phi) is 5.30. The number of aromatic nitrogens is 3. The van der Waals surface area contributed by atoms with Crippen LogP contribution in [0.3, 0.4) is 0 Å². The lowest BCUT2D eigenvalue weighted by molar-refractivity contribution is 0.0939. The lowest BCUT2D eigenvalue weighted by atomic mass is 10.1. The van der Waals surface area contributed by atoms with Gasteiger partial charge in [0, 0.05) is 35.8 Å². The molecule has 2 amide bonds. The highest BCUT2D eigenvalue weighted by Crippen LogP contribution is 2.17. The molecular weight excluding hydrogens is 342 g/mol. The van der Waals surface area contributed by atoms with E-state index >= 15 is 0 Å². The van der Waals surface area contributed by atoms with Crippen LogP contribution in [0.2, 0.25) is 0 Å². The van der Waals surface area contributed by atoms with E-state index in [-0.39, 0.29) is 17.9 Å². The summed E-state index contributed by atoms with van der Waals surface area (Å²) < 4.78 is 1.77. The van der Waals surface area contributed by atoms with Gasteiger partial charge in [0.2, 0.25) is 0 Å². The molecular formula is C20H21N5O2. The van der Waals surface area contributed by atoms with Gasteiger partial charge in [-0.1, -0.05) is 6.07 Å². The van der Waals surface area contributed by atoms with Crippen molar-refractivity contribution in [1.29, 1.82) is 0 Å². The number of benzene rings is 1. The van der Waals surface area contributed by atoms with Gasteiger partial charge >= 0.3 is 0 Å². The minimum atomic E-state index is -0.298. The summed E-state index contributed by atoms with van der Waals surface area (Å²) in [6, 6.07) is 11.7. The Morgan fingerprint density at radius 3 is 2.41 bits per heavy atom. The Balaban J connectivity index is 1.63. The number of carbonyl (C=O) groups excluding carboxylic acids is 2. The standard InChI is InChI=1S/C20H21N5O2/c1-13(17-12-22-25(3)14(17)2)23-19(26)15-7-9-16(10-8-15)24-20(27)18-6-4-5-11-21-18/h4-13H,1-3H3,(H,23,26)(H,24,27)/t13-/m1/s1. The topological polar surface area (TPSA) is 88.9 Å². The minimum absolute atomic E-state index is 0.158. The SMILES string of the molecule is Cc1c([C@@H](C)NC(=O)c2ccc(NC(=O)c3ccccn3)cc2)cnn1C.